The molecule has 0 saturated heterocycles. The first-order valence-electron chi connectivity index (χ1n) is 5.68. The maximum Gasteiger partial charge on any atom is 1.00 e. The van der Waals surface area contributed by atoms with Crippen LogP contribution < -0.4 is 40.0 Å². The van der Waals surface area contributed by atoms with E-state index in [1.165, 1.54) is 0 Å². The Balaban J connectivity index is 0.00000289. The van der Waals surface area contributed by atoms with E-state index in [9.17, 15) is 14.7 Å². The molecular formula is C12H17N2NaO3. The summed E-state index contributed by atoms with van der Waals surface area (Å²) < 4.78 is 0. The fraction of sp³-hybridized carbons (Fsp3) is 0.583. The van der Waals surface area contributed by atoms with Crippen molar-refractivity contribution in [3.63, 3.8) is 0 Å². The van der Waals surface area contributed by atoms with Crippen LogP contribution in [0, 0.1) is 11.3 Å². The Kier molecular flexibility index (Phi) is 6.26. The first kappa shape index (κ1) is 17.4. The molecule has 0 aromatic heterocycles. The molecule has 0 spiro atoms. The molecule has 94 valence electrons. The summed E-state index contributed by atoms with van der Waals surface area (Å²) in [6, 6.07) is -0.872. The van der Waals surface area contributed by atoms with Crippen LogP contribution in [0.25, 0.3) is 0 Å². The van der Waals surface area contributed by atoms with Crippen LogP contribution in [-0.2, 0) is 4.79 Å². The van der Waals surface area contributed by atoms with Gasteiger partial charge in [0.2, 0.25) is 5.91 Å². The van der Waals surface area contributed by atoms with Gasteiger partial charge in [0, 0.05) is 0 Å². The number of imide groups is 1. The fourth-order valence-electron chi connectivity index (χ4n) is 2.37. The number of carbonyl (C=O) groups is 2. The first-order valence-corrected chi connectivity index (χ1v) is 5.68. The normalized spacial score (nSPS) is 24.5. The van der Waals surface area contributed by atoms with E-state index in [1.807, 2.05) is 6.92 Å². The zero-order chi connectivity index (χ0) is 13.2. The second kappa shape index (κ2) is 6.50. The van der Waals surface area contributed by atoms with Crippen LogP contribution in [0.5, 0.6) is 0 Å². The molecule has 1 rings (SSSR count). The number of allylic oxidation sites excluding steroid dienone is 1. The minimum Gasteiger partial charge on any atom is -0.861 e. The van der Waals surface area contributed by atoms with Gasteiger partial charge in [0.1, 0.15) is 5.41 Å². The standard InChI is InChI=1S/C12H18N2O3.Na/c1-5-8(6-2)12(7(3)4)9(15)13-11(17)14-10(12)16;/h5,7H,6H2,1-4H3,(H2,13,14,15,16,17);/q;+1/p-1/b8-5-;. The fourth-order valence-corrected chi connectivity index (χ4v) is 2.37. The third-order valence-electron chi connectivity index (χ3n) is 3.22. The molecule has 3 amide bonds. The van der Waals surface area contributed by atoms with Gasteiger partial charge in [0.25, 0.3) is 0 Å². The van der Waals surface area contributed by atoms with Crippen molar-refractivity contribution in [1.82, 2.24) is 5.32 Å². The Morgan fingerprint density at radius 2 is 2.06 bits per heavy atom. The summed E-state index contributed by atoms with van der Waals surface area (Å²) in [4.78, 5) is 26.5. The van der Waals surface area contributed by atoms with Crippen LogP contribution >= 0.6 is 0 Å². The van der Waals surface area contributed by atoms with Crippen LogP contribution in [0.15, 0.2) is 16.6 Å². The summed E-state index contributed by atoms with van der Waals surface area (Å²) >= 11 is 0. The molecule has 1 aliphatic heterocycles. The van der Waals surface area contributed by atoms with E-state index < -0.39 is 23.3 Å². The number of rotatable bonds is 3. The van der Waals surface area contributed by atoms with Gasteiger partial charge in [-0.15, -0.1) is 0 Å². The van der Waals surface area contributed by atoms with Gasteiger partial charge in [-0.2, -0.15) is 0 Å². The van der Waals surface area contributed by atoms with Crippen molar-refractivity contribution >= 4 is 17.8 Å². The average molecular weight is 260 g/mol. The van der Waals surface area contributed by atoms with E-state index in [4.69, 9.17) is 0 Å². The summed E-state index contributed by atoms with van der Waals surface area (Å²) in [6.45, 7) is 7.21. The smallest absolute Gasteiger partial charge is 0.861 e. The Morgan fingerprint density at radius 1 is 1.50 bits per heavy atom. The van der Waals surface area contributed by atoms with E-state index in [1.54, 1.807) is 26.8 Å². The van der Waals surface area contributed by atoms with Crippen LogP contribution in [0.1, 0.15) is 34.1 Å². The van der Waals surface area contributed by atoms with E-state index in [0.29, 0.717) is 12.0 Å². The summed E-state index contributed by atoms with van der Waals surface area (Å²) in [6.07, 6.45) is 2.32. The van der Waals surface area contributed by atoms with Gasteiger partial charge >= 0.3 is 35.6 Å². The molecule has 0 radical (unpaired) electrons. The molecule has 1 N–H and O–H groups in total. The van der Waals surface area contributed by atoms with Crippen molar-refractivity contribution in [3.05, 3.63) is 11.6 Å². The number of nitrogens with one attached hydrogen (secondary N) is 1. The summed E-state index contributed by atoms with van der Waals surface area (Å²) in [5.74, 6) is -1.47. The maximum atomic E-state index is 12.1. The molecular weight excluding hydrogens is 243 g/mol. The third kappa shape index (κ3) is 2.53. The van der Waals surface area contributed by atoms with Crippen molar-refractivity contribution in [3.8, 4) is 0 Å². The van der Waals surface area contributed by atoms with Crippen LogP contribution in [0.4, 0.5) is 4.79 Å². The molecule has 0 fully saturated rings. The van der Waals surface area contributed by atoms with Gasteiger partial charge in [0.15, 0.2) is 0 Å². The molecule has 1 aliphatic rings. The molecule has 1 atom stereocenters. The summed E-state index contributed by atoms with van der Waals surface area (Å²) in [5.41, 5.74) is -0.622. The molecule has 1 heterocycles. The topological polar surface area (TPSA) is 81.6 Å². The number of amides is 3. The zero-order valence-corrected chi connectivity index (χ0v) is 13.5. The van der Waals surface area contributed by atoms with E-state index in [-0.39, 0.29) is 35.5 Å². The minimum atomic E-state index is -1.32. The molecule has 5 nitrogen and oxygen atoms in total. The number of urea groups is 1. The Labute approximate surface area is 129 Å². The number of aliphatic imine (C=N–C) groups is 1. The Morgan fingerprint density at radius 3 is 2.39 bits per heavy atom. The van der Waals surface area contributed by atoms with E-state index in [2.05, 4.69) is 10.3 Å². The molecule has 0 aromatic rings. The monoisotopic (exact) mass is 260 g/mol. The minimum absolute atomic E-state index is 0. The summed E-state index contributed by atoms with van der Waals surface area (Å²) in [5, 5.41) is 14.2. The SMILES string of the molecule is C/C=C(/CC)C1(C(C)C)C(=O)NC(=O)N=C1[O-].[Na+]. The number of hydrogen-bond acceptors (Lipinski definition) is 3. The molecule has 0 bridgehead atoms. The van der Waals surface area contributed by atoms with Crippen molar-refractivity contribution in [1.29, 1.82) is 0 Å². The Hall–Kier alpha value is -0.650. The predicted octanol–water partition coefficient (Wildman–Crippen LogP) is -2.00. The van der Waals surface area contributed by atoms with Crippen LogP contribution in [0.2, 0.25) is 0 Å². The predicted molar refractivity (Wildman–Crippen MR) is 62.3 cm³/mol. The van der Waals surface area contributed by atoms with Crippen molar-refractivity contribution in [2.75, 3.05) is 0 Å². The van der Waals surface area contributed by atoms with Crippen LogP contribution in [0.3, 0.4) is 0 Å². The largest absolute Gasteiger partial charge is 1.00 e. The van der Waals surface area contributed by atoms with Gasteiger partial charge in [0.05, 0.1) is 0 Å². The van der Waals surface area contributed by atoms with Gasteiger partial charge in [-0.3, -0.25) is 10.1 Å². The van der Waals surface area contributed by atoms with Gasteiger partial charge in [-0.05, 0) is 25.2 Å². The summed E-state index contributed by atoms with van der Waals surface area (Å²) in [7, 11) is 0. The second-order valence-electron chi connectivity index (χ2n) is 4.31. The molecule has 0 aliphatic carbocycles. The van der Waals surface area contributed by atoms with Gasteiger partial charge in [-0.1, -0.05) is 32.4 Å². The zero-order valence-electron chi connectivity index (χ0n) is 11.5. The molecule has 0 saturated carbocycles. The second-order valence-corrected chi connectivity index (χ2v) is 4.31. The van der Waals surface area contributed by atoms with E-state index in [0.717, 1.165) is 0 Å². The van der Waals surface area contributed by atoms with Crippen molar-refractivity contribution < 1.29 is 44.3 Å². The Bertz CT molecular complexity index is 416. The number of carbonyl (C=O) groups excluding carboxylic acids is 2. The van der Waals surface area contributed by atoms with Crippen molar-refractivity contribution in [2.45, 2.75) is 34.1 Å². The third-order valence-corrected chi connectivity index (χ3v) is 3.22. The maximum absolute atomic E-state index is 12.1. The quantitative estimate of drug-likeness (QED) is 0.470. The number of hydrogen-bond donors (Lipinski definition) is 1. The van der Waals surface area contributed by atoms with E-state index >= 15 is 0 Å². The van der Waals surface area contributed by atoms with Crippen LogP contribution in [-0.4, -0.2) is 17.8 Å². The van der Waals surface area contributed by atoms with Gasteiger partial charge < -0.3 is 5.11 Å². The van der Waals surface area contributed by atoms with Gasteiger partial charge in [-0.25, -0.2) is 9.79 Å². The average Bonchev–Trinajstić information content (AvgIpc) is 2.22. The molecule has 18 heavy (non-hydrogen) atoms. The molecule has 0 aromatic carbocycles. The first-order chi connectivity index (χ1) is 7.91. The molecule has 6 heteroatoms. The number of nitrogens with zero attached hydrogens (tertiary/aromatic N) is 1. The van der Waals surface area contributed by atoms with Crippen molar-refractivity contribution in [2.24, 2.45) is 16.3 Å². The molecule has 1 unspecified atom stereocenters.